The lowest BCUT2D eigenvalue weighted by molar-refractivity contribution is -0.152. The number of likely N-dealkylation sites (N-methyl/N-ethyl adjacent to an activating group) is 1. The number of rotatable bonds is 6. The number of esters is 1. The molecule has 1 N–H and O–H groups in total. The Balaban J connectivity index is 1.87. The molecule has 1 saturated carbocycles. The van der Waals surface area contributed by atoms with Gasteiger partial charge in [-0.05, 0) is 31.0 Å². The van der Waals surface area contributed by atoms with Crippen molar-refractivity contribution in [2.24, 2.45) is 5.92 Å². The summed E-state index contributed by atoms with van der Waals surface area (Å²) in [4.78, 5) is 36.1. The average molecular weight is 393 g/mol. The summed E-state index contributed by atoms with van der Waals surface area (Å²) >= 11 is 5.50. The predicted octanol–water partition coefficient (Wildman–Crippen LogP) is 2.71. The molecule has 142 valence electrons. The van der Waals surface area contributed by atoms with E-state index in [9.17, 15) is 27.6 Å². The molecule has 2 amide bonds. The Morgan fingerprint density at radius 3 is 2.54 bits per heavy atom. The molecule has 0 radical (unpaired) electrons. The molecule has 0 bridgehead atoms. The second kappa shape index (κ2) is 7.94. The van der Waals surface area contributed by atoms with Crippen molar-refractivity contribution >= 4 is 35.1 Å². The van der Waals surface area contributed by atoms with E-state index in [0.29, 0.717) is 6.07 Å². The molecule has 1 aromatic rings. The highest BCUT2D eigenvalue weighted by atomic mass is 35.5. The van der Waals surface area contributed by atoms with Crippen LogP contribution in [0.4, 0.5) is 18.9 Å². The van der Waals surface area contributed by atoms with Gasteiger partial charge in [0, 0.05) is 12.7 Å². The molecule has 0 unspecified atom stereocenters. The molecular weight excluding hydrogens is 377 g/mol. The smallest absolute Gasteiger partial charge is 0.417 e. The van der Waals surface area contributed by atoms with Crippen LogP contribution in [0.25, 0.3) is 0 Å². The number of carbonyl (C=O) groups excluding carboxylic acids is 3. The third-order valence-corrected chi connectivity index (χ3v) is 3.94. The molecule has 1 aliphatic carbocycles. The number of carbonyl (C=O) groups is 3. The summed E-state index contributed by atoms with van der Waals surface area (Å²) in [5.41, 5.74) is -1.18. The molecule has 0 atom stereocenters. The lowest BCUT2D eigenvalue weighted by atomic mass is 10.2. The van der Waals surface area contributed by atoms with E-state index in [4.69, 9.17) is 16.3 Å². The number of nitrogens with one attached hydrogen (secondary N) is 1. The van der Waals surface area contributed by atoms with Crippen LogP contribution in [0.3, 0.4) is 0 Å². The van der Waals surface area contributed by atoms with E-state index < -0.39 is 47.7 Å². The molecule has 0 aliphatic heterocycles. The zero-order valence-corrected chi connectivity index (χ0v) is 14.5. The number of amides is 2. The number of anilines is 1. The molecule has 0 heterocycles. The van der Waals surface area contributed by atoms with E-state index >= 15 is 0 Å². The molecule has 26 heavy (non-hydrogen) atoms. The first kappa shape index (κ1) is 20.0. The molecule has 1 fully saturated rings. The van der Waals surface area contributed by atoms with Crippen LogP contribution in [-0.2, 0) is 25.3 Å². The maximum absolute atomic E-state index is 12.8. The van der Waals surface area contributed by atoms with Crippen LogP contribution in [0.5, 0.6) is 0 Å². The van der Waals surface area contributed by atoms with Crippen LogP contribution in [0.1, 0.15) is 18.4 Å². The highest BCUT2D eigenvalue weighted by molar-refractivity contribution is 6.31. The van der Waals surface area contributed by atoms with Crippen molar-refractivity contribution in [3.05, 3.63) is 28.8 Å². The minimum absolute atomic E-state index is 0.104. The number of hydrogen-bond acceptors (Lipinski definition) is 4. The molecule has 2 rings (SSSR count). The van der Waals surface area contributed by atoms with E-state index in [2.05, 4.69) is 5.32 Å². The summed E-state index contributed by atoms with van der Waals surface area (Å²) < 4.78 is 43.2. The topological polar surface area (TPSA) is 75.7 Å². The molecule has 1 aromatic carbocycles. The van der Waals surface area contributed by atoms with Gasteiger partial charge in [0.1, 0.15) is 0 Å². The van der Waals surface area contributed by atoms with Crippen LogP contribution < -0.4 is 5.32 Å². The predicted molar refractivity (Wildman–Crippen MR) is 86.4 cm³/mol. The van der Waals surface area contributed by atoms with Crippen LogP contribution in [0, 0.1) is 5.92 Å². The highest BCUT2D eigenvalue weighted by Gasteiger charge is 2.34. The third-order valence-electron chi connectivity index (χ3n) is 3.61. The third kappa shape index (κ3) is 5.62. The Kier molecular flexibility index (Phi) is 6.12. The van der Waals surface area contributed by atoms with Gasteiger partial charge in [-0.2, -0.15) is 13.2 Å². The first-order chi connectivity index (χ1) is 12.1. The fourth-order valence-corrected chi connectivity index (χ4v) is 2.23. The fraction of sp³-hybridized carbons (Fsp3) is 0.438. The number of alkyl halides is 3. The van der Waals surface area contributed by atoms with E-state index in [-0.39, 0.29) is 11.6 Å². The fourth-order valence-electron chi connectivity index (χ4n) is 2.00. The summed E-state index contributed by atoms with van der Waals surface area (Å²) in [6, 6.07) is 2.94. The maximum atomic E-state index is 12.8. The van der Waals surface area contributed by atoms with Gasteiger partial charge >= 0.3 is 12.1 Å². The van der Waals surface area contributed by atoms with E-state index in [0.717, 1.165) is 23.8 Å². The number of nitrogens with zero attached hydrogens (tertiary/aromatic N) is 1. The van der Waals surface area contributed by atoms with Crippen molar-refractivity contribution in [3.8, 4) is 0 Å². The lowest BCUT2D eigenvalue weighted by Crippen LogP contribution is -2.37. The van der Waals surface area contributed by atoms with Gasteiger partial charge in [0.2, 0.25) is 5.91 Å². The Morgan fingerprint density at radius 2 is 1.96 bits per heavy atom. The summed E-state index contributed by atoms with van der Waals surface area (Å²) in [5.74, 6) is -1.90. The lowest BCUT2D eigenvalue weighted by Gasteiger charge is -2.17. The number of halogens is 4. The van der Waals surface area contributed by atoms with Gasteiger partial charge in [0.15, 0.2) is 6.61 Å². The SMILES string of the molecule is CN(CC(=O)Nc1ccc(Cl)c(C(F)(F)F)c1)C(=O)COC(=O)C1CC1. The second-order valence-corrected chi connectivity index (χ2v) is 6.28. The van der Waals surface area contributed by atoms with Crippen LogP contribution in [0.2, 0.25) is 5.02 Å². The normalized spacial score (nSPS) is 13.9. The van der Waals surface area contributed by atoms with Gasteiger partial charge in [0.05, 0.1) is 23.0 Å². The first-order valence-corrected chi connectivity index (χ1v) is 8.03. The maximum Gasteiger partial charge on any atom is 0.417 e. The van der Waals surface area contributed by atoms with Crippen molar-refractivity contribution in [1.82, 2.24) is 4.90 Å². The van der Waals surface area contributed by atoms with Crippen LogP contribution >= 0.6 is 11.6 Å². The van der Waals surface area contributed by atoms with E-state index in [1.807, 2.05) is 0 Å². The summed E-state index contributed by atoms with van der Waals surface area (Å²) in [6.45, 7) is -0.901. The van der Waals surface area contributed by atoms with Gasteiger partial charge in [-0.3, -0.25) is 14.4 Å². The van der Waals surface area contributed by atoms with Gasteiger partial charge in [-0.15, -0.1) is 0 Å². The molecule has 1 aliphatic rings. The average Bonchev–Trinajstić information content (AvgIpc) is 3.37. The van der Waals surface area contributed by atoms with Crippen molar-refractivity contribution in [2.75, 3.05) is 25.5 Å². The van der Waals surface area contributed by atoms with Crippen LogP contribution in [-0.4, -0.2) is 42.9 Å². The van der Waals surface area contributed by atoms with E-state index in [1.54, 1.807) is 0 Å². The van der Waals surface area contributed by atoms with Crippen molar-refractivity contribution < 1.29 is 32.3 Å². The van der Waals surface area contributed by atoms with Crippen LogP contribution in [0.15, 0.2) is 18.2 Å². The molecule has 0 saturated heterocycles. The summed E-state index contributed by atoms with van der Waals surface area (Å²) in [6.07, 6.45) is -3.17. The van der Waals surface area contributed by atoms with Crippen molar-refractivity contribution in [3.63, 3.8) is 0 Å². The number of benzene rings is 1. The largest absolute Gasteiger partial charge is 0.455 e. The molecule has 0 aromatic heterocycles. The van der Waals surface area contributed by atoms with E-state index in [1.165, 1.54) is 13.1 Å². The quantitative estimate of drug-likeness (QED) is 0.755. The molecular formula is C16H16ClF3N2O4. The molecule has 6 nitrogen and oxygen atoms in total. The minimum atomic E-state index is -4.66. The monoisotopic (exact) mass is 392 g/mol. The standard InChI is InChI=1S/C16H16ClF3N2O4/c1-22(14(24)8-26-15(25)9-2-3-9)7-13(23)21-10-4-5-12(17)11(6-10)16(18,19)20/h4-6,9H,2-3,7-8H2,1H3,(H,21,23). The van der Waals surface area contributed by atoms with Crippen molar-refractivity contribution in [2.45, 2.75) is 19.0 Å². The molecule has 10 heteroatoms. The number of hydrogen-bond donors (Lipinski definition) is 1. The Hall–Kier alpha value is -2.29. The Bertz CT molecular complexity index is 720. The highest BCUT2D eigenvalue weighted by Crippen LogP contribution is 2.36. The van der Waals surface area contributed by atoms with Gasteiger partial charge in [-0.1, -0.05) is 11.6 Å². The Labute approximate surface area is 152 Å². The molecule has 0 spiro atoms. The summed E-state index contributed by atoms with van der Waals surface area (Å²) in [7, 11) is 1.32. The first-order valence-electron chi connectivity index (χ1n) is 7.65. The van der Waals surface area contributed by atoms with Gasteiger partial charge in [-0.25, -0.2) is 0 Å². The zero-order valence-electron chi connectivity index (χ0n) is 13.7. The van der Waals surface area contributed by atoms with Gasteiger partial charge < -0.3 is 15.0 Å². The Morgan fingerprint density at radius 1 is 1.31 bits per heavy atom. The minimum Gasteiger partial charge on any atom is -0.455 e. The van der Waals surface area contributed by atoms with Crippen molar-refractivity contribution in [1.29, 1.82) is 0 Å². The second-order valence-electron chi connectivity index (χ2n) is 5.87. The number of ether oxygens (including phenoxy) is 1. The van der Waals surface area contributed by atoms with Gasteiger partial charge in [0.25, 0.3) is 5.91 Å². The summed E-state index contributed by atoms with van der Waals surface area (Å²) in [5, 5.41) is 1.78. The zero-order chi connectivity index (χ0) is 19.5.